The summed E-state index contributed by atoms with van der Waals surface area (Å²) >= 11 is 0. The average Bonchev–Trinajstić information content (AvgIpc) is 2.42. The highest BCUT2D eigenvalue weighted by molar-refractivity contribution is 6.42. The van der Waals surface area contributed by atoms with E-state index in [4.69, 9.17) is 14.8 Å². The van der Waals surface area contributed by atoms with Crippen LogP contribution in [0.1, 0.15) is 88.0 Å². The Balaban J connectivity index is 0. The first kappa shape index (κ1) is 27.1. The van der Waals surface area contributed by atoms with Crippen molar-refractivity contribution >= 4 is 19.0 Å². The van der Waals surface area contributed by atoms with Gasteiger partial charge in [0.05, 0.1) is 0 Å². The summed E-state index contributed by atoms with van der Waals surface area (Å²) in [6.45, 7) is 16.9. The summed E-state index contributed by atoms with van der Waals surface area (Å²) in [7, 11) is -1.15. The van der Waals surface area contributed by atoms with Crippen LogP contribution in [0.4, 0.5) is 4.79 Å². The van der Waals surface area contributed by atoms with E-state index < -0.39 is 24.4 Å². The van der Waals surface area contributed by atoms with Crippen molar-refractivity contribution in [1.82, 2.24) is 5.32 Å². The van der Waals surface area contributed by atoms with Crippen molar-refractivity contribution in [3.8, 4) is 0 Å². The summed E-state index contributed by atoms with van der Waals surface area (Å²) in [5, 5.41) is 19.9. The summed E-state index contributed by atoms with van der Waals surface area (Å²) in [5.41, 5.74) is -1.17. The lowest BCUT2D eigenvalue weighted by atomic mass is 9.70. The van der Waals surface area contributed by atoms with Crippen LogP contribution in [0.25, 0.3) is 0 Å². The maximum Gasteiger partial charge on any atom is 0.454 e. The largest absolute Gasteiger partial charge is 0.454 e. The first-order valence-electron chi connectivity index (χ1n) is 9.67. The quantitative estimate of drug-likeness (QED) is 0.634. The third-order valence-electron chi connectivity index (χ3n) is 3.97. The number of alkyl carbamates (subject to hydrolysis) is 1. The fraction of sp³-hybridized carbons (Fsp3) is 0.895. The number of carbonyl (C=O) groups is 2. The van der Waals surface area contributed by atoms with Crippen LogP contribution in [0.3, 0.4) is 0 Å². The molecule has 0 aliphatic heterocycles. The van der Waals surface area contributed by atoms with E-state index >= 15 is 0 Å². The van der Waals surface area contributed by atoms with Gasteiger partial charge in [-0.1, -0.05) is 34.6 Å². The van der Waals surface area contributed by atoms with Gasteiger partial charge < -0.3 is 20.1 Å². The minimum Gasteiger partial charge on any atom is -0.444 e. The molecule has 0 bridgehead atoms. The zero-order chi connectivity index (χ0) is 21.1. The highest BCUT2D eigenvalue weighted by Crippen LogP contribution is 2.32. The van der Waals surface area contributed by atoms with Crippen LogP contribution in [0, 0.1) is 5.92 Å². The minimum absolute atomic E-state index is 0.00463. The van der Waals surface area contributed by atoms with Crippen molar-refractivity contribution in [2.75, 3.05) is 0 Å². The lowest BCUT2D eigenvalue weighted by Gasteiger charge is -2.40. The van der Waals surface area contributed by atoms with Crippen LogP contribution in [0.5, 0.6) is 0 Å². The van der Waals surface area contributed by atoms with Gasteiger partial charge in [0.15, 0.2) is 5.78 Å². The molecule has 0 aromatic carbocycles. The molecule has 6 nitrogen and oxygen atoms in total. The molecule has 0 spiro atoms. The van der Waals surface area contributed by atoms with E-state index in [1.54, 1.807) is 20.8 Å². The molecule has 0 saturated heterocycles. The number of carbonyl (C=O) groups excluding carboxylic acids is 2. The van der Waals surface area contributed by atoms with Crippen molar-refractivity contribution in [3.63, 3.8) is 0 Å². The molecular weight excluding hydrogens is 333 g/mol. The third kappa shape index (κ3) is 11.5. The Bertz CT molecular complexity index is 415. The predicted octanol–water partition coefficient (Wildman–Crippen LogP) is 3.94. The second-order valence-electron chi connectivity index (χ2n) is 8.14. The number of amides is 1. The zero-order valence-corrected chi connectivity index (χ0v) is 18.2. The number of nitrogens with one attached hydrogen (secondary N) is 1. The molecule has 1 fully saturated rings. The molecule has 0 aromatic rings. The van der Waals surface area contributed by atoms with E-state index in [0.29, 0.717) is 5.92 Å². The molecule has 1 aliphatic rings. The van der Waals surface area contributed by atoms with Crippen LogP contribution in [-0.2, 0) is 9.53 Å². The fourth-order valence-corrected chi connectivity index (χ4v) is 2.46. The number of ketones is 1. The Labute approximate surface area is 160 Å². The van der Waals surface area contributed by atoms with Crippen LogP contribution in [-0.4, -0.2) is 40.2 Å². The van der Waals surface area contributed by atoms with E-state index in [9.17, 15) is 9.59 Å². The zero-order valence-electron chi connectivity index (χ0n) is 18.2. The van der Waals surface area contributed by atoms with Gasteiger partial charge in [0.1, 0.15) is 11.1 Å². The SMILES string of the molecule is CC.CC(=O)C1(NC(=O)OC(C)(C)C)CCC1.CC(C)C[C@H](C)B(O)O. The van der Waals surface area contributed by atoms with Gasteiger partial charge in [-0.25, -0.2) is 4.79 Å². The summed E-state index contributed by atoms with van der Waals surface area (Å²) in [6, 6.07) is 0. The summed E-state index contributed by atoms with van der Waals surface area (Å²) in [6.07, 6.45) is 2.80. The number of Topliss-reactive ketones (excluding diaryl/α,β-unsaturated/α-hetero) is 1. The topological polar surface area (TPSA) is 95.9 Å². The van der Waals surface area contributed by atoms with E-state index in [2.05, 4.69) is 19.2 Å². The Hall–Kier alpha value is -1.08. The van der Waals surface area contributed by atoms with E-state index in [1.807, 2.05) is 20.8 Å². The molecule has 26 heavy (non-hydrogen) atoms. The van der Waals surface area contributed by atoms with Crippen molar-refractivity contribution in [3.05, 3.63) is 0 Å². The molecule has 0 aromatic heterocycles. The smallest absolute Gasteiger partial charge is 0.444 e. The van der Waals surface area contributed by atoms with Crippen LogP contribution >= 0.6 is 0 Å². The van der Waals surface area contributed by atoms with Crippen molar-refractivity contribution in [2.45, 2.75) is 105 Å². The Morgan fingerprint density at radius 2 is 1.62 bits per heavy atom. The van der Waals surface area contributed by atoms with Crippen LogP contribution in [0.2, 0.25) is 5.82 Å². The van der Waals surface area contributed by atoms with Gasteiger partial charge in [-0.3, -0.25) is 4.79 Å². The molecule has 0 radical (unpaired) electrons. The second kappa shape index (κ2) is 12.3. The molecular formula is C19H40BNO5. The van der Waals surface area contributed by atoms with Crippen molar-refractivity contribution in [1.29, 1.82) is 0 Å². The van der Waals surface area contributed by atoms with Gasteiger partial charge in [0.25, 0.3) is 0 Å². The molecule has 1 amide bonds. The lowest BCUT2D eigenvalue weighted by molar-refractivity contribution is -0.126. The number of rotatable bonds is 5. The fourth-order valence-electron chi connectivity index (χ4n) is 2.46. The number of hydrogen-bond donors (Lipinski definition) is 3. The van der Waals surface area contributed by atoms with E-state index in [-0.39, 0.29) is 11.6 Å². The highest BCUT2D eigenvalue weighted by Gasteiger charge is 2.43. The summed E-state index contributed by atoms with van der Waals surface area (Å²) in [5.74, 6) is 0.561. The van der Waals surface area contributed by atoms with Crippen LogP contribution in [0.15, 0.2) is 0 Å². The van der Waals surface area contributed by atoms with Gasteiger partial charge in [0.2, 0.25) is 0 Å². The highest BCUT2D eigenvalue weighted by atomic mass is 16.6. The minimum atomic E-state index is -1.15. The molecule has 1 rings (SSSR count). The summed E-state index contributed by atoms with van der Waals surface area (Å²) in [4.78, 5) is 22.9. The molecule has 0 heterocycles. The molecule has 1 saturated carbocycles. The third-order valence-corrected chi connectivity index (χ3v) is 3.97. The first-order chi connectivity index (χ1) is 11.8. The molecule has 1 atom stereocenters. The number of ether oxygens (including phenoxy) is 1. The van der Waals surface area contributed by atoms with Gasteiger partial charge in [-0.15, -0.1) is 0 Å². The van der Waals surface area contributed by atoms with Gasteiger partial charge in [-0.2, -0.15) is 0 Å². The standard InChI is InChI=1S/C11H19NO3.C6H15BO2.C2H6/c1-8(13)11(6-5-7-11)12-9(14)15-10(2,3)4;1-5(2)4-6(3)7(8)9;1-2/h5-7H2,1-4H3,(H,12,14);5-6,8-9H,4H2,1-3H3;1-2H3/t;6-;/m.0./s1. The molecule has 0 unspecified atom stereocenters. The second-order valence-corrected chi connectivity index (χ2v) is 8.14. The van der Waals surface area contributed by atoms with Crippen molar-refractivity contribution < 1.29 is 24.4 Å². The molecule has 154 valence electrons. The average molecular weight is 373 g/mol. The first-order valence-corrected chi connectivity index (χ1v) is 9.67. The van der Waals surface area contributed by atoms with E-state index in [0.717, 1.165) is 25.7 Å². The molecule has 3 N–H and O–H groups in total. The monoisotopic (exact) mass is 373 g/mol. The molecule has 7 heteroatoms. The van der Waals surface area contributed by atoms with Crippen LogP contribution < -0.4 is 5.32 Å². The Kier molecular flexibility index (Phi) is 12.9. The Morgan fingerprint density at radius 3 is 1.81 bits per heavy atom. The maximum atomic E-state index is 11.5. The van der Waals surface area contributed by atoms with Gasteiger partial charge in [0, 0.05) is 0 Å². The lowest BCUT2D eigenvalue weighted by Crippen LogP contribution is -2.59. The van der Waals surface area contributed by atoms with E-state index in [1.165, 1.54) is 6.92 Å². The van der Waals surface area contributed by atoms with Gasteiger partial charge >= 0.3 is 13.2 Å². The normalized spacial score (nSPS) is 16.0. The maximum absolute atomic E-state index is 11.5. The van der Waals surface area contributed by atoms with Gasteiger partial charge in [-0.05, 0) is 65.1 Å². The Morgan fingerprint density at radius 1 is 1.15 bits per heavy atom. The van der Waals surface area contributed by atoms with Crippen molar-refractivity contribution in [2.24, 2.45) is 5.92 Å². The number of hydrogen-bond acceptors (Lipinski definition) is 5. The molecule has 1 aliphatic carbocycles. The summed E-state index contributed by atoms with van der Waals surface area (Å²) < 4.78 is 5.12. The predicted molar refractivity (Wildman–Crippen MR) is 107 cm³/mol.